The van der Waals surface area contributed by atoms with Gasteiger partial charge >= 0.3 is 5.97 Å². The average Bonchev–Trinajstić information content (AvgIpc) is 2.73. The minimum absolute atomic E-state index is 0.143. The number of amides is 1. The van der Waals surface area contributed by atoms with Crippen molar-refractivity contribution in [1.29, 1.82) is 0 Å². The number of carbonyl (C=O) groups excluding carboxylic acids is 2. The summed E-state index contributed by atoms with van der Waals surface area (Å²) >= 11 is 0. The average molecular weight is 425 g/mol. The van der Waals surface area contributed by atoms with Crippen molar-refractivity contribution in [1.82, 2.24) is 9.21 Å². The highest BCUT2D eigenvalue weighted by atomic mass is 32.2. The summed E-state index contributed by atoms with van der Waals surface area (Å²) in [5.41, 5.74) is 0.455. The molecule has 162 valence electrons. The third kappa shape index (κ3) is 5.79. The molecule has 1 aromatic rings. The lowest BCUT2D eigenvalue weighted by molar-refractivity contribution is -0.149. The Morgan fingerprint density at radius 2 is 1.59 bits per heavy atom. The minimum Gasteiger partial charge on any atom is -0.466 e. The highest BCUT2D eigenvalue weighted by Crippen LogP contribution is 2.22. The maximum atomic E-state index is 12.8. The topological polar surface area (TPSA) is 84.0 Å². The third-order valence-corrected chi connectivity index (χ3v) is 7.00. The fourth-order valence-corrected chi connectivity index (χ4v) is 5.15. The van der Waals surface area contributed by atoms with E-state index in [1.54, 1.807) is 24.0 Å². The fraction of sp³-hybridized carbons (Fsp3) is 0.619. The van der Waals surface area contributed by atoms with E-state index < -0.39 is 10.0 Å². The van der Waals surface area contributed by atoms with Gasteiger partial charge in [-0.15, -0.1) is 0 Å². The Labute approximate surface area is 174 Å². The monoisotopic (exact) mass is 424 g/mol. The minimum atomic E-state index is -3.56. The van der Waals surface area contributed by atoms with Crippen molar-refractivity contribution < 1.29 is 22.7 Å². The van der Waals surface area contributed by atoms with Crippen LogP contribution in [0.25, 0.3) is 0 Å². The summed E-state index contributed by atoms with van der Waals surface area (Å²) in [6, 6.07) is 6.16. The van der Waals surface area contributed by atoms with Crippen LogP contribution in [0.5, 0.6) is 0 Å². The lowest BCUT2D eigenvalue weighted by atomic mass is 9.96. The van der Waals surface area contributed by atoms with Gasteiger partial charge in [-0.05, 0) is 56.9 Å². The standard InChI is InChI=1S/C21H32N2O5S/c1-4-13-23(14-5-2)29(26,27)19-9-7-17(8-10-19)20(24)22-15-11-18(12-16-22)21(25)28-6-3/h7-10,18H,4-6,11-16H2,1-3H3. The molecule has 8 heteroatoms. The summed E-state index contributed by atoms with van der Waals surface area (Å²) in [4.78, 5) is 26.5. The zero-order valence-electron chi connectivity index (χ0n) is 17.6. The van der Waals surface area contributed by atoms with E-state index in [9.17, 15) is 18.0 Å². The van der Waals surface area contributed by atoms with Crippen LogP contribution in [-0.4, -0.2) is 62.3 Å². The SMILES string of the molecule is CCCN(CCC)S(=O)(=O)c1ccc(C(=O)N2CCC(C(=O)OCC)CC2)cc1. The van der Waals surface area contributed by atoms with Crippen molar-refractivity contribution >= 4 is 21.9 Å². The van der Waals surface area contributed by atoms with Gasteiger partial charge < -0.3 is 9.64 Å². The van der Waals surface area contributed by atoms with E-state index in [0.29, 0.717) is 51.2 Å². The summed E-state index contributed by atoms with van der Waals surface area (Å²) in [6.45, 7) is 7.98. The van der Waals surface area contributed by atoms with Gasteiger partial charge in [0.05, 0.1) is 17.4 Å². The van der Waals surface area contributed by atoms with E-state index >= 15 is 0 Å². The van der Waals surface area contributed by atoms with Crippen LogP contribution >= 0.6 is 0 Å². The summed E-state index contributed by atoms with van der Waals surface area (Å²) in [7, 11) is -3.56. The maximum Gasteiger partial charge on any atom is 0.309 e. The molecule has 1 aromatic carbocycles. The largest absolute Gasteiger partial charge is 0.466 e. The van der Waals surface area contributed by atoms with Crippen LogP contribution in [-0.2, 0) is 19.6 Å². The Morgan fingerprint density at radius 1 is 1.03 bits per heavy atom. The first-order valence-electron chi connectivity index (χ1n) is 10.4. The molecule has 7 nitrogen and oxygen atoms in total. The molecule has 0 saturated carbocycles. The van der Waals surface area contributed by atoms with Crippen LogP contribution in [0.15, 0.2) is 29.2 Å². The molecule has 0 radical (unpaired) electrons. The van der Waals surface area contributed by atoms with Crippen LogP contribution in [0.1, 0.15) is 56.8 Å². The maximum absolute atomic E-state index is 12.8. The second kappa shape index (κ2) is 10.7. The number of esters is 1. The van der Waals surface area contributed by atoms with E-state index in [-0.39, 0.29) is 22.7 Å². The molecular weight excluding hydrogens is 392 g/mol. The number of piperidine rings is 1. The van der Waals surface area contributed by atoms with Gasteiger partial charge in [0.2, 0.25) is 10.0 Å². The van der Waals surface area contributed by atoms with Crippen LogP contribution in [0, 0.1) is 5.92 Å². The van der Waals surface area contributed by atoms with Crippen molar-refractivity contribution in [3.8, 4) is 0 Å². The highest BCUT2D eigenvalue weighted by Gasteiger charge is 2.29. The molecule has 1 saturated heterocycles. The van der Waals surface area contributed by atoms with Crippen LogP contribution < -0.4 is 0 Å². The number of hydrogen-bond donors (Lipinski definition) is 0. The summed E-state index contributed by atoms with van der Waals surface area (Å²) in [5.74, 6) is -0.497. The smallest absolute Gasteiger partial charge is 0.309 e. The zero-order chi connectivity index (χ0) is 21.4. The molecule has 1 heterocycles. The van der Waals surface area contributed by atoms with Crippen LogP contribution in [0.3, 0.4) is 0 Å². The molecule has 0 spiro atoms. The molecule has 0 unspecified atom stereocenters. The molecule has 0 aliphatic carbocycles. The van der Waals surface area contributed by atoms with Gasteiger partial charge in [-0.1, -0.05) is 13.8 Å². The van der Waals surface area contributed by atoms with Crippen molar-refractivity contribution in [3.05, 3.63) is 29.8 Å². The number of hydrogen-bond acceptors (Lipinski definition) is 5. The molecule has 1 aliphatic rings. The molecular formula is C21H32N2O5S. The van der Waals surface area contributed by atoms with Gasteiger partial charge in [-0.3, -0.25) is 9.59 Å². The van der Waals surface area contributed by atoms with Gasteiger partial charge in [0.1, 0.15) is 0 Å². The summed E-state index contributed by atoms with van der Waals surface area (Å²) in [5, 5.41) is 0. The molecule has 0 N–H and O–H groups in total. The second-order valence-electron chi connectivity index (χ2n) is 7.25. The Hall–Kier alpha value is -1.93. The number of benzene rings is 1. The van der Waals surface area contributed by atoms with Crippen molar-refractivity contribution in [2.75, 3.05) is 32.8 Å². The van der Waals surface area contributed by atoms with E-state index in [2.05, 4.69) is 0 Å². The quantitative estimate of drug-likeness (QED) is 0.569. The lowest BCUT2D eigenvalue weighted by Gasteiger charge is -2.31. The molecule has 1 fully saturated rings. The van der Waals surface area contributed by atoms with E-state index in [1.165, 1.54) is 16.4 Å². The predicted molar refractivity (Wildman–Crippen MR) is 111 cm³/mol. The molecule has 29 heavy (non-hydrogen) atoms. The zero-order valence-corrected chi connectivity index (χ0v) is 18.4. The van der Waals surface area contributed by atoms with Crippen molar-refractivity contribution in [2.24, 2.45) is 5.92 Å². The summed E-state index contributed by atoms with van der Waals surface area (Å²) < 4.78 is 32.2. The van der Waals surface area contributed by atoms with Crippen LogP contribution in [0.4, 0.5) is 0 Å². The van der Waals surface area contributed by atoms with E-state index in [1.807, 2.05) is 13.8 Å². The van der Waals surface area contributed by atoms with Gasteiger partial charge in [0.15, 0.2) is 0 Å². The normalized spacial score (nSPS) is 15.5. The van der Waals surface area contributed by atoms with E-state index in [0.717, 1.165) is 12.8 Å². The summed E-state index contributed by atoms with van der Waals surface area (Å²) in [6.07, 6.45) is 2.66. The van der Waals surface area contributed by atoms with Gasteiger partial charge in [-0.2, -0.15) is 4.31 Å². The number of nitrogens with zero attached hydrogens (tertiary/aromatic N) is 2. The first-order valence-corrected chi connectivity index (χ1v) is 11.8. The number of sulfonamides is 1. The lowest BCUT2D eigenvalue weighted by Crippen LogP contribution is -2.40. The first kappa shape index (κ1) is 23.3. The fourth-order valence-electron chi connectivity index (χ4n) is 3.53. The van der Waals surface area contributed by atoms with Crippen LogP contribution in [0.2, 0.25) is 0 Å². The number of carbonyl (C=O) groups is 2. The predicted octanol–water partition coefficient (Wildman–Crippen LogP) is 2.91. The first-order chi connectivity index (χ1) is 13.8. The van der Waals surface area contributed by atoms with E-state index in [4.69, 9.17) is 4.74 Å². The molecule has 1 amide bonds. The Morgan fingerprint density at radius 3 is 2.07 bits per heavy atom. The number of likely N-dealkylation sites (tertiary alicyclic amines) is 1. The highest BCUT2D eigenvalue weighted by molar-refractivity contribution is 7.89. The Kier molecular flexibility index (Phi) is 8.64. The Balaban J connectivity index is 2.04. The van der Waals surface area contributed by atoms with Gasteiger partial charge in [0.25, 0.3) is 5.91 Å². The number of rotatable bonds is 9. The second-order valence-corrected chi connectivity index (χ2v) is 9.18. The Bertz CT molecular complexity index is 778. The van der Waals surface area contributed by atoms with Crippen molar-refractivity contribution in [3.63, 3.8) is 0 Å². The molecule has 0 atom stereocenters. The molecule has 2 rings (SSSR count). The number of ether oxygens (including phenoxy) is 1. The molecule has 0 aromatic heterocycles. The van der Waals surface area contributed by atoms with Gasteiger partial charge in [-0.25, -0.2) is 8.42 Å². The van der Waals surface area contributed by atoms with Gasteiger partial charge in [0, 0.05) is 31.7 Å². The van der Waals surface area contributed by atoms with Crippen molar-refractivity contribution in [2.45, 2.75) is 51.3 Å². The molecule has 1 aliphatic heterocycles. The third-order valence-electron chi connectivity index (χ3n) is 5.09. The molecule has 0 bridgehead atoms.